The van der Waals surface area contributed by atoms with Gasteiger partial charge in [-0.05, 0) is 48.5 Å². The first-order valence-electron chi connectivity index (χ1n) is 11.9. The molecule has 0 saturated heterocycles. The Morgan fingerprint density at radius 3 is 1.87 bits per heavy atom. The van der Waals surface area contributed by atoms with Crippen LogP contribution in [0.15, 0.2) is 122 Å². The molecule has 0 bridgehead atoms. The van der Waals surface area contributed by atoms with Gasteiger partial charge in [-0.1, -0.05) is 60.2 Å². The zero-order valence-electron chi connectivity index (χ0n) is 21.7. The Balaban J connectivity index is 0.000000229. The zero-order valence-corrected chi connectivity index (χ0v) is 24.1. The average Bonchev–Trinajstić information content (AvgIpc) is 3.60. The molecule has 0 N–H and O–H groups in total. The first kappa shape index (κ1) is 28.5. The summed E-state index contributed by atoms with van der Waals surface area (Å²) in [4.78, 5) is 0. The predicted molar refractivity (Wildman–Crippen MR) is 152 cm³/mol. The summed E-state index contributed by atoms with van der Waals surface area (Å²) < 4.78 is 3.71. The van der Waals surface area contributed by atoms with Crippen molar-refractivity contribution in [1.82, 2.24) is 19.6 Å². The van der Waals surface area contributed by atoms with Crippen molar-refractivity contribution in [3.63, 3.8) is 0 Å². The number of hydrogen-bond donors (Lipinski definition) is 0. The van der Waals surface area contributed by atoms with Crippen molar-refractivity contribution in [3.05, 3.63) is 153 Å². The fraction of sp³-hybridized carbons (Fsp3) is 0.0606. The second kappa shape index (κ2) is 13.5. The number of rotatable bonds is 4. The van der Waals surface area contributed by atoms with Gasteiger partial charge in [-0.15, -0.1) is 17.7 Å². The summed E-state index contributed by atoms with van der Waals surface area (Å²) in [5.74, 6) is 0. The summed E-state index contributed by atoms with van der Waals surface area (Å²) in [6.07, 6.45) is 3.68. The first-order chi connectivity index (χ1) is 17.7. The first-order valence-corrected chi connectivity index (χ1v) is 11.9. The molecule has 0 aliphatic rings. The van der Waals surface area contributed by atoms with Gasteiger partial charge in [-0.25, -0.2) is 0 Å². The molecule has 4 aromatic carbocycles. The van der Waals surface area contributed by atoms with E-state index in [0.717, 1.165) is 28.3 Å². The summed E-state index contributed by atoms with van der Waals surface area (Å²) >= 11 is 0. The number of aromatic nitrogens is 4. The Bertz CT molecular complexity index is 1500. The van der Waals surface area contributed by atoms with E-state index in [1.807, 2.05) is 77.9 Å². The van der Waals surface area contributed by atoms with E-state index in [0.29, 0.717) is 0 Å². The van der Waals surface area contributed by atoms with Crippen LogP contribution in [0.1, 0.15) is 11.4 Å². The third-order valence-corrected chi connectivity index (χ3v) is 5.80. The fourth-order valence-electron chi connectivity index (χ4n) is 4.02. The van der Waals surface area contributed by atoms with E-state index in [1.165, 1.54) is 16.7 Å². The van der Waals surface area contributed by atoms with Crippen LogP contribution in [0.3, 0.4) is 0 Å². The van der Waals surface area contributed by atoms with E-state index < -0.39 is 0 Å². The summed E-state index contributed by atoms with van der Waals surface area (Å²) in [5, 5.41) is 8.59. The summed E-state index contributed by atoms with van der Waals surface area (Å²) in [6, 6.07) is 43.4. The van der Waals surface area contributed by atoms with Gasteiger partial charge in [0.05, 0.1) is 5.69 Å². The average molecular weight is 674 g/mol. The number of aryl methyl sites for hydroxylation is 2. The van der Waals surface area contributed by atoms with Crippen LogP contribution >= 0.6 is 0 Å². The van der Waals surface area contributed by atoms with Crippen LogP contribution in [0.4, 0.5) is 0 Å². The van der Waals surface area contributed by atoms with E-state index in [1.54, 1.807) is 6.20 Å². The van der Waals surface area contributed by atoms with Crippen molar-refractivity contribution in [1.29, 1.82) is 0 Å². The number of nitrogens with zero attached hydrogens (tertiary/aromatic N) is 4. The van der Waals surface area contributed by atoms with Gasteiger partial charge in [-0.3, -0.25) is 9.36 Å². The third-order valence-electron chi connectivity index (χ3n) is 5.80. The molecule has 0 spiro atoms. The molecule has 2 aromatic heterocycles. The van der Waals surface area contributed by atoms with E-state index in [9.17, 15) is 0 Å². The van der Waals surface area contributed by atoms with Crippen LogP contribution in [0, 0.1) is 33.4 Å². The summed E-state index contributed by atoms with van der Waals surface area (Å²) in [6.45, 7) is 4.04. The summed E-state index contributed by atoms with van der Waals surface area (Å²) in [5.41, 5.74) is 8.92. The van der Waals surface area contributed by atoms with Crippen molar-refractivity contribution in [3.8, 4) is 33.6 Å². The van der Waals surface area contributed by atoms with Crippen molar-refractivity contribution < 1.29 is 20.1 Å². The molecule has 0 fully saturated rings. The molecule has 5 heteroatoms. The molecule has 190 valence electrons. The largest absolute Gasteiger partial charge is 3.00 e. The van der Waals surface area contributed by atoms with Gasteiger partial charge in [0.25, 0.3) is 0 Å². The second-order valence-electron chi connectivity index (χ2n) is 8.44. The second-order valence-corrected chi connectivity index (χ2v) is 8.44. The molecular formula is C33H29IrN4. The van der Waals surface area contributed by atoms with Crippen LogP contribution < -0.4 is 0 Å². The maximum Gasteiger partial charge on any atom is 3.00 e. The molecule has 2 heterocycles. The Kier molecular flexibility index (Phi) is 10.1. The Morgan fingerprint density at radius 2 is 1.32 bits per heavy atom. The molecule has 6 aromatic rings. The molecule has 0 aliphatic heterocycles. The molecule has 0 radical (unpaired) electrons. The minimum Gasteiger partial charge on any atom is -0.358 e. The minimum atomic E-state index is 0. The number of benzene rings is 4. The molecule has 0 aliphatic carbocycles. The van der Waals surface area contributed by atoms with Crippen LogP contribution in [0.25, 0.3) is 33.6 Å². The maximum atomic E-state index is 4.37. The molecule has 6 rings (SSSR count). The third kappa shape index (κ3) is 6.83. The predicted octanol–water partition coefficient (Wildman–Crippen LogP) is 7.74. The van der Waals surface area contributed by atoms with Crippen LogP contribution in [-0.2, 0) is 20.1 Å². The van der Waals surface area contributed by atoms with Crippen molar-refractivity contribution in [2.75, 3.05) is 0 Å². The molecule has 0 atom stereocenters. The van der Waals surface area contributed by atoms with E-state index in [-0.39, 0.29) is 27.5 Å². The van der Waals surface area contributed by atoms with Gasteiger partial charge in [0.2, 0.25) is 0 Å². The fourth-order valence-corrected chi connectivity index (χ4v) is 4.02. The van der Waals surface area contributed by atoms with Gasteiger partial charge in [0.1, 0.15) is 0 Å². The monoisotopic (exact) mass is 674 g/mol. The van der Waals surface area contributed by atoms with Crippen LogP contribution in [0.2, 0.25) is 0 Å². The Morgan fingerprint density at radius 1 is 0.658 bits per heavy atom. The smallest absolute Gasteiger partial charge is 0.358 e. The topological polar surface area (TPSA) is 35.6 Å². The number of hydrogen-bond acceptors (Lipinski definition) is 2. The van der Waals surface area contributed by atoms with Gasteiger partial charge < -0.3 is 7.43 Å². The minimum absolute atomic E-state index is 0. The van der Waals surface area contributed by atoms with Crippen molar-refractivity contribution >= 4 is 0 Å². The van der Waals surface area contributed by atoms with Crippen LogP contribution in [0.5, 0.6) is 0 Å². The van der Waals surface area contributed by atoms with Crippen LogP contribution in [-0.4, -0.2) is 19.6 Å². The van der Waals surface area contributed by atoms with Gasteiger partial charge >= 0.3 is 20.1 Å². The SMILES string of the molecule is Cc1cc(C)n(-c2[c-]cccc2)n1.[CH3-].[Ir+3].[c-]1cc(-c2ccc(-c3ccccc3)cc2)ccc1-n1cccn1. The molecular weight excluding hydrogens is 645 g/mol. The standard InChI is InChI=1S/C21H15N2.C11H11N2.CH3.Ir/c1-2-5-17(6-3-1)18-7-9-19(10-8-18)20-11-13-21(14-12-20)23-16-4-15-22-23;1-9-8-10(2)13(12-9)11-6-4-3-5-7-11;;/h1-13,15-16H;3-6,8H,1-2H3;1H3;/q3*-1;+3. The normalized spacial score (nSPS) is 9.95. The molecule has 0 saturated carbocycles. The quantitative estimate of drug-likeness (QED) is 0.180. The van der Waals surface area contributed by atoms with E-state index in [2.05, 4.69) is 83.0 Å². The van der Waals surface area contributed by atoms with Gasteiger partial charge in [-0.2, -0.15) is 52.7 Å². The van der Waals surface area contributed by atoms with E-state index in [4.69, 9.17) is 0 Å². The molecule has 0 unspecified atom stereocenters. The van der Waals surface area contributed by atoms with E-state index >= 15 is 0 Å². The van der Waals surface area contributed by atoms with Gasteiger partial charge in [0.15, 0.2) is 0 Å². The van der Waals surface area contributed by atoms with Crippen molar-refractivity contribution in [2.45, 2.75) is 13.8 Å². The molecule has 38 heavy (non-hydrogen) atoms. The summed E-state index contributed by atoms with van der Waals surface area (Å²) in [7, 11) is 0. The van der Waals surface area contributed by atoms with Gasteiger partial charge in [0, 0.05) is 18.1 Å². The number of para-hydroxylation sites is 1. The Hall–Kier alpha value is -4.05. The molecule has 4 nitrogen and oxygen atoms in total. The Labute approximate surface area is 239 Å². The maximum absolute atomic E-state index is 4.37. The van der Waals surface area contributed by atoms with Crippen molar-refractivity contribution in [2.24, 2.45) is 0 Å². The molecule has 0 amide bonds. The zero-order chi connectivity index (χ0) is 24.7.